The first kappa shape index (κ1) is 28.6. The van der Waals surface area contributed by atoms with Gasteiger partial charge in [0.1, 0.15) is 41.4 Å². The predicted molar refractivity (Wildman–Crippen MR) is 166 cm³/mol. The Bertz CT molecular complexity index is 1820. The third-order valence-corrected chi connectivity index (χ3v) is 10.5. The number of benzene rings is 3. The lowest BCUT2D eigenvalue weighted by molar-refractivity contribution is 0.107. The topological polar surface area (TPSA) is 94.0 Å². The number of aromatic nitrogens is 2. The number of halogens is 3. The largest absolute Gasteiger partial charge is 0.508 e. The zero-order valence-electron chi connectivity index (χ0n) is 25.1. The number of anilines is 1. The second kappa shape index (κ2) is 10.6. The number of alkyl halides is 1. The molecule has 45 heavy (non-hydrogen) atoms. The van der Waals surface area contributed by atoms with Crippen molar-refractivity contribution in [2.45, 2.75) is 69.2 Å². The fourth-order valence-electron chi connectivity index (χ4n) is 8.51. The van der Waals surface area contributed by atoms with Gasteiger partial charge in [0.05, 0.1) is 11.1 Å². The molecule has 3 aromatic carbocycles. The van der Waals surface area contributed by atoms with Gasteiger partial charge in [-0.25, -0.2) is 13.2 Å². The second-order valence-corrected chi connectivity index (χ2v) is 13.1. The van der Waals surface area contributed by atoms with Crippen LogP contribution >= 0.6 is 0 Å². The molecule has 0 radical (unpaired) electrons. The molecule has 0 unspecified atom stereocenters. The van der Waals surface area contributed by atoms with Crippen molar-refractivity contribution in [3.05, 3.63) is 47.5 Å². The van der Waals surface area contributed by atoms with Gasteiger partial charge in [-0.3, -0.25) is 4.90 Å². The standard InChI is InChI=1S/C34H36F3N5O3/c1-2-23-26(36)7-4-18-10-22(43)11-24(28(18)23)29-27(44)12-25-31(30(29)37)39-33(40-32(25)42-20-5-6-21(42)15-38-14-20)45-17-34-8-3-9-41(34)16-19(35)13-34/h4,7,10-12,19-21,38,43-44H,2-3,5-6,8-9,13-17H2,1H3/t19-,20-,21+,34+/m1/s1. The zero-order chi connectivity index (χ0) is 31.0. The molecule has 0 aliphatic carbocycles. The van der Waals surface area contributed by atoms with Gasteiger partial charge in [-0.05, 0) is 79.3 Å². The highest BCUT2D eigenvalue weighted by molar-refractivity contribution is 6.05. The van der Waals surface area contributed by atoms with Crippen molar-refractivity contribution in [2.24, 2.45) is 0 Å². The number of hydrogen-bond donors (Lipinski definition) is 3. The van der Waals surface area contributed by atoms with Gasteiger partial charge in [0.25, 0.3) is 0 Å². The molecular weight excluding hydrogens is 583 g/mol. The number of nitrogens with one attached hydrogen (secondary N) is 1. The molecule has 8 rings (SSSR count). The van der Waals surface area contributed by atoms with Crippen molar-refractivity contribution < 1.29 is 28.1 Å². The van der Waals surface area contributed by atoms with Gasteiger partial charge in [0, 0.05) is 49.1 Å². The minimum atomic E-state index is -0.920. The molecule has 4 saturated heterocycles. The van der Waals surface area contributed by atoms with E-state index in [1.165, 1.54) is 30.3 Å². The third kappa shape index (κ3) is 4.49. The number of phenols is 2. The average Bonchev–Trinajstić information content (AvgIpc) is 3.62. The SMILES string of the molecule is CCc1c(F)ccc2cc(O)cc(-c3c(O)cc4c(N5[C@@H]6CC[C@H]5CNC6)nc(OC[C@@]56CCCN5C[C@H](F)C6)nc4c3F)c12. The fraction of sp³-hybridized carbons (Fsp3) is 0.471. The van der Waals surface area contributed by atoms with E-state index in [9.17, 15) is 19.0 Å². The Balaban J connectivity index is 1.32. The van der Waals surface area contributed by atoms with E-state index < -0.39 is 23.3 Å². The Morgan fingerprint density at radius 2 is 1.89 bits per heavy atom. The summed E-state index contributed by atoms with van der Waals surface area (Å²) in [5, 5.41) is 26.8. The van der Waals surface area contributed by atoms with Crippen LogP contribution in [0.15, 0.2) is 30.3 Å². The molecule has 0 saturated carbocycles. The van der Waals surface area contributed by atoms with Crippen LogP contribution in [-0.4, -0.2) is 81.7 Å². The number of fused-ring (bicyclic) bond motifs is 5. The first-order chi connectivity index (χ1) is 21.8. The molecule has 4 atom stereocenters. The van der Waals surface area contributed by atoms with E-state index in [0.29, 0.717) is 46.9 Å². The van der Waals surface area contributed by atoms with E-state index in [-0.39, 0.29) is 52.8 Å². The van der Waals surface area contributed by atoms with E-state index in [2.05, 4.69) is 20.1 Å². The fourth-order valence-corrected chi connectivity index (χ4v) is 8.51. The Labute approximate surface area is 258 Å². The highest BCUT2D eigenvalue weighted by Crippen LogP contribution is 2.46. The van der Waals surface area contributed by atoms with Crippen LogP contribution in [0.4, 0.5) is 19.0 Å². The predicted octanol–water partition coefficient (Wildman–Crippen LogP) is 5.60. The Morgan fingerprint density at radius 1 is 1.09 bits per heavy atom. The number of rotatable bonds is 6. The minimum absolute atomic E-state index is 0.00411. The summed E-state index contributed by atoms with van der Waals surface area (Å²) in [6, 6.07) is 7.44. The number of aryl methyl sites for hydroxylation is 1. The molecule has 236 valence electrons. The zero-order valence-corrected chi connectivity index (χ0v) is 25.1. The van der Waals surface area contributed by atoms with Crippen LogP contribution in [-0.2, 0) is 6.42 Å². The highest BCUT2D eigenvalue weighted by Gasteiger charge is 2.49. The van der Waals surface area contributed by atoms with Crippen LogP contribution in [0.1, 0.15) is 44.6 Å². The van der Waals surface area contributed by atoms with Crippen molar-refractivity contribution in [2.75, 3.05) is 37.7 Å². The number of ether oxygens (including phenoxy) is 1. The number of aromatic hydroxyl groups is 2. The molecule has 0 amide bonds. The van der Waals surface area contributed by atoms with Gasteiger partial charge in [-0.1, -0.05) is 13.0 Å². The lowest BCUT2D eigenvalue weighted by Crippen LogP contribution is -2.52. The van der Waals surface area contributed by atoms with E-state index in [4.69, 9.17) is 9.72 Å². The van der Waals surface area contributed by atoms with Crippen molar-refractivity contribution in [1.29, 1.82) is 0 Å². The van der Waals surface area contributed by atoms with Crippen LogP contribution in [0.2, 0.25) is 0 Å². The van der Waals surface area contributed by atoms with Crippen LogP contribution in [0.5, 0.6) is 17.5 Å². The summed E-state index contributed by atoms with van der Waals surface area (Å²) in [6.45, 7) is 4.69. The van der Waals surface area contributed by atoms with Crippen molar-refractivity contribution in [1.82, 2.24) is 20.2 Å². The maximum atomic E-state index is 17.0. The Morgan fingerprint density at radius 3 is 2.67 bits per heavy atom. The molecule has 1 aromatic heterocycles. The first-order valence-corrected chi connectivity index (χ1v) is 15.9. The summed E-state index contributed by atoms with van der Waals surface area (Å²) in [4.78, 5) is 13.7. The van der Waals surface area contributed by atoms with E-state index >= 15 is 4.39 Å². The molecule has 4 aliphatic rings. The summed E-state index contributed by atoms with van der Waals surface area (Å²) in [5.41, 5.74) is -0.134. The summed E-state index contributed by atoms with van der Waals surface area (Å²) in [5.74, 6) is -1.28. The molecule has 4 aromatic rings. The lowest BCUT2D eigenvalue weighted by Gasteiger charge is -2.37. The maximum absolute atomic E-state index is 17.0. The molecular formula is C34H36F3N5O3. The molecule has 11 heteroatoms. The van der Waals surface area contributed by atoms with Gasteiger partial charge >= 0.3 is 6.01 Å². The molecule has 4 aliphatic heterocycles. The van der Waals surface area contributed by atoms with Gasteiger partial charge in [0.15, 0.2) is 5.82 Å². The quantitative estimate of drug-likeness (QED) is 0.257. The summed E-state index contributed by atoms with van der Waals surface area (Å²) >= 11 is 0. The van der Waals surface area contributed by atoms with Gasteiger partial charge < -0.3 is 25.2 Å². The Kier molecular flexibility index (Phi) is 6.76. The number of phenolic OH excluding ortho intramolecular Hbond substituents is 2. The molecule has 3 N–H and O–H groups in total. The van der Waals surface area contributed by atoms with Gasteiger partial charge in [0.2, 0.25) is 0 Å². The smallest absolute Gasteiger partial charge is 0.319 e. The number of nitrogens with zero attached hydrogens (tertiary/aromatic N) is 4. The monoisotopic (exact) mass is 619 g/mol. The molecule has 8 nitrogen and oxygen atoms in total. The number of hydrogen-bond acceptors (Lipinski definition) is 8. The normalized spacial score (nSPS) is 26.3. The second-order valence-electron chi connectivity index (χ2n) is 13.1. The van der Waals surface area contributed by atoms with Crippen LogP contribution in [0, 0.1) is 11.6 Å². The molecule has 4 fully saturated rings. The summed E-state index contributed by atoms with van der Waals surface area (Å²) in [7, 11) is 0. The van der Waals surface area contributed by atoms with Crippen LogP contribution in [0.25, 0.3) is 32.8 Å². The third-order valence-electron chi connectivity index (χ3n) is 10.5. The van der Waals surface area contributed by atoms with Crippen molar-refractivity contribution in [3.8, 4) is 28.6 Å². The van der Waals surface area contributed by atoms with Crippen LogP contribution in [0.3, 0.4) is 0 Å². The van der Waals surface area contributed by atoms with Crippen LogP contribution < -0.4 is 15.0 Å². The Hall–Kier alpha value is -3.83. The summed E-state index contributed by atoms with van der Waals surface area (Å²) in [6.07, 6.45) is 3.44. The minimum Gasteiger partial charge on any atom is -0.508 e. The number of piperazine rings is 1. The van der Waals surface area contributed by atoms with Crippen molar-refractivity contribution >= 4 is 27.5 Å². The highest BCUT2D eigenvalue weighted by atomic mass is 19.1. The van der Waals surface area contributed by atoms with E-state index in [1.807, 2.05) is 0 Å². The van der Waals surface area contributed by atoms with Crippen molar-refractivity contribution in [3.63, 3.8) is 0 Å². The first-order valence-electron chi connectivity index (χ1n) is 15.9. The van der Waals surface area contributed by atoms with E-state index in [1.54, 1.807) is 6.92 Å². The van der Waals surface area contributed by atoms with Gasteiger partial charge in [-0.2, -0.15) is 9.97 Å². The van der Waals surface area contributed by atoms with Gasteiger partial charge in [-0.15, -0.1) is 0 Å². The lowest BCUT2D eigenvalue weighted by atomic mass is 9.91. The van der Waals surface area contributed by atoms with E-state index in [0.717, 1.165) is 45.3 Å². The molecule has 0 spiro atoms. The average molecular weight is 620 g/mol. The maximum Gasteiger partial charge on any atom is 0.319 e. The molecule has 2 bridgehead atoms. The molecule has 5 heterocycles. The summed E-state index contributed by atoms with van der Waals surface area (Å²) < 4.78 is 52.7.